The van der Waals surface area contributed by atoms with Crippen molar-refractivity contribution in [3.8, 4) is 0 Å². The van der Waals surface area contributed by atoms with E-state index in [1.54, 1.807) is 4.90 Å². The zero-order valence-electron chi connectivity index (χ0n) is 17.2. The lowest BCUT2D eigenvalue weighted by atomic mass is 10.0. The molecule has 10 heteroatoms. The molecule has 0 aromatic carbocycles. The van der Waals surface area contributed by atoms with Gasteiger partial charge in [-0.1, -0.05) is 12.1 Å². The summed E-state index contributed by atoms with van der Waals surface area (Å²) in [6, 6.07) is 2.19. The Balaban J connectivity index is 1.54. The molecule has 0 radical (unpaired) electrons. The molecule has 3 aromatic rings. The van der Waals surface area contributed by atoms with Crippen molar-refractivity contribution in [3.05, 3.63) is 46.2 Å². The summed E-state index contributed by atoms with van der Waals surface area (Å²) < 4.78 is 47.1. The number of nitrogens with zero attached hydrogens (tertiary/aromatic N) is 5. The van der Waals surface area contributed by atoms with E-state index >= 15 is 0 Å². The van der Waals surface area contributed by atoms with Crippen molar-refractivity contribution in [1.29, 1.82) is 0 Å². The minimum absolute atomic E-state index is 0.0370. The quantitative estimate of drug-likeness (QED) is 0.607. The van der Waals surface area contributed by atoms with Gasteiger partial charge in [0.1, 0.15) is 11.5 Å². The molecule has 31 heavy (non-hydrogen) atoms. The average molecular weight is 433 g/mol. The highest BCUT2D eigenvalue weighted by atomic mass is 19.4. The van der Waals surface area contributed by atoms with Crippen molar-refractivity contribution in [2.75, 3.05) is 6.54 Å². The Bertz CT molecular complexity index is 1160. The Kier molecular flexibility index (Phi) is 4.56. The summed E-state index contributed by atoms with van der Waals surface area (Å²) in [6.07, 6.45) is -0.766. The van der Waals surface area contributed by atoms with Crippen LogP contribution in [0.2, 0.25) is 0 Å². The number of likely N-dealkylation sites (tertiary alicyclic amines) is 1. The van der Waals surface area contributed by atoms with Gasteiger partial charge in [0.2, 0.25) is 0 Å². The molecular weight excluding hydrogens is 411 g/mol. The van der Waals surface area contributed by atoms with Crippen LogP contribution in [0.1, 0.15) is 83.5 Å². The van der Waals surface area contributed by atoms with Crippen molar-refractivity contribution in [2.24, 2.45) is 0 Å². The Morgan fingerprint density at radius 1 is 1.26 bits per heavy atom. The van der Waals surface area contributed by atoms with E-state index < -0.39 is 17.8 Å². The van der Waals surface area contributed by atoms with Crippen LogP contribution in [0.4, 0.5) is 13.2 Å². The number of hydrogen-bond acceptors (Lipinski definition) is 5. The molecule has 1 saturated heterocycles. The fourth-order valence-electron chi connectivity index (χ4n) is 4.45. The van der Waals surface area contributed by atoms with Crippen LogP contribution in [0.3, 0.4) is 0 Å². The summed E-state index contributed by atoms with van der Waals surface area (Å²) in [6.45, 7) is 4.29. The number of amides is 1. The first-order chi connectivity index (χ1) is 14.8. The highest BCUT2D eigenvalue weighted by molar-refractivity contribution is 5.94. The topological polar surface area (TPSA) is 76.5 Å². The van der Waals surface area contributed by atoms with Crippen LogP contribution in [0.25, 0.3) is 5.65 Å². The predicted molar refractivity (Wildman–Crippen MR) is 104 cm³/mol. The molecule has 1 aliphatic heterocycles. The number of rotatable bonds is 4. The SMILES string of the molecule is CCc1onc(C)c1[C@@H]1CCCN1C(=O)c1cc2nc(C3CC3)cc(C(F)(F)F)n2n1. The maximum absolute atomic E-state index is 13.7. The molecule has 1 aliphatic carbocycles. The molecule has 0 bridgehead atoms. The number of halogens is 3. The van der Waals surface area contributed by atoms with Gasteiger partial charge in [-0.2, -0.15) is 18.3 Å². The summed E-state index contributed by atoms with van der Waals surface area (Å²) in [5, 5.41) is 8.07. The second kappa shape index (κ2) is 7.06. The predicted octanol–water partition coefficient (Wildman–Crippen LogP) is 4.46. The Labute approximate surface area is 176 Å². The Morgan fingerprint density at radius 2 is 2.03 bits per heavy atom. The maximum Gasteiger partial charge on any atom is 0.433 e. The van der Waals surface area contributed by atoms with Gasteiger partial charge in [-0.25, -0.2) is 9.50 Å². The van der Waals surface area contributed by atoms with Crippen LogP contribution in [0.15, 0.2) is 16.7 Å². The number of carbonyl (C=O) groups is 1. The molecule has 2 fully saturated rings. The second-order valence-electron chi connectivity index (χ2n) is 8.25. The summed E-state index contributed by atoms with van der Waals surface area (Å²) >= 11 is 0. The van der Waals surface area contributed by atoms with Crippen LogP contribution in [-0.2, 0) is 12.6 Å². The lowest BCUT2D eigenvalue weighted by molar-refractivity contribution is -0.142. The number of carbonyl (C=O) groups excluding carboxylic acids is 1. The third-order valence-electron chi connectivity index (χ3n) is 6.10. The number of hydrogen-bond donors (Lipinski definition) is 0. The largest absolute Gasteiger partial charge is 0.433 e. The lowest BCUT2D eigenvalue weighted by Gasteiger charge is -2.24. The van der Waals surface area contributed by atoms with Crippen molar-refractivity contribution < 1.29 is 22.5 Å². The molecule has 3 aromatic heterocycles. The zero-order chi connectivity index (χ0) is 21.9. The summed E-state index contributed by atoms with van der Waals surface area (Å²) in [4.78, 5) is 19.3. The maximum atomic E-state index is 13.7. The smallest absolute Gasteiger partial charge is 0.361 e. The van der Waals surface area contributed by atoms with Crippen molar-refractivity contribution in [1.82, 2.24) is 24.7 Å². The molecule has 1 atom stereocenters. The number of fused-ring (bicyclic) bond motifs is 1. The van der Waals surface area contributed by atoms with Gasteiger partial charge in [-0.3, -0.25) is 4.79 Å². The lowest BCUT2D eigenvalue weighted by Crippen LogP contribution is -2.31. The Hall–Kier alpha value is -2.91. The first-order valence-corrected chi connectivity index (χ1v) is 10.5. The molecule has 0 N–H and O–H groups in total. The molecule has 1 saturated carbocycles. The van der Waals surface area contributed by atoms with Crippen molar-refractivity contribution in [2.45, 2.75) is 64.1 Å². The molecule has 5 rings (SSSR count). The van der Waals surface area contributed by atoms with Crippen molar-refractivity contribution in [3.63, 3.8) is 0 Å². The molecular formula is C21H22F3N5O2. The fraction of sp³-hybridized carbons (Fsp3) is 0.524. The van der Waals surface area contributed by atoms with Gasteiger partial charge >= 0.3 is 6.18 Å². The summed E-state index contributed by atoms with van der Waals surface area (Å²) in [5.74, 6) is 0.371. The van der Waals surface area contributed by atoms with Crippen LogP contribution in [-0.4, -0.2) is 37.1 Å². The number of aryl methyl sites for hydroxylation is 2. The third-order valence-corrected chi connectivity index (χ3v) is 6.10. The van der Waals surface area contributed by atoms with E-state index in [1.165, 1.54) is 6.07 Å². The standard InChI is InChI=1S/C21H22F3N5O2/c1-3-16-19(11(2)27-31-16)15-5-4-8-28(15)20(30)14-10-18-25-13(12-6-7-12)9-17(21(22,23)24)29(18)26-14/h9-10,12,15H,3-8H2,1-2H3/t15-/m0/s1. The van der Waals surface area contributed by atoms with Gasteiger partial charge < -0.3 is 9.42 Å². The van der Waals surface area contributed by atoms with E-state index in [0.29, 0.717) is 18.7 Å². The minimum atomic E-state index is -4.59. The van der Waals surface area contributed by atoms with Gasteiger partial charge in [0.15, 0.2) is 11.3 Å². The Morgan fingerprint density at radius 3 is 2.71 bits per heavy atom. The highest BCUT2D eigenvalue weighted by Gasteiger charge is 2.39. The summed E-state index contributed by atoms with van der Waals surface area (Å²) in [5.41, 5.74) is 1.13. The van der Waals surface area contributed by atoms with Crippen LogP contribution in [0.5, 0.6) is 0 Å². The van der Waals surface area contributed by atoms with Gasteiger partial charge in [0, 0.05) is 36.2 Å². The van der Waals surface area contributed by atoms with E-state index in [4.69, 9.17) is 4.52 Å². The molecule has 7 nitrogen and oxygen atoms in total. The van der Waals surface area contributed by atoms with Gasteiger partial charge in [0.05, 0.1) is 11.7 Å². The van der Waals surface area contributed by atoms with Crippen LogP contribution in [0, 0.1) is 6.92 Å². The third kappa shape index (κ3) is 3.37. The first-order valence-electron chi connectivity index (χ1n) is 10.5. The number of aromatic nitrogens is 4. The van der Waals surface area contributed by atoms with E-state index in [-0.39, 0.29) is 23.3 Å². The average Bonchev–Trinajstić information content (AvgIpc) is 3.15. The summed E-state index contributed by atoms with van der Waals surface area (Å²) in [7, 11) is 0. The fourth-order valence-corrected chi connectivity index (χ4v) is 4.45. The van der Waals surface area contributed by atoms with E-state index in [2.05, 4.69) is 15.2 Å². The molecule has 1 amide bonds. The molecule has 2 aliphatic rings. The molecule has 0 unspecified atom stereocenters. The second-order valence-corrected chi connectivity index (χ2v) is 8.25. The zero-order valence-corrected chi connectivity index (χ0v) is 17.2. The normalized spacial score (nSPS) is 19.5. The first kappa shape index (κ1) is 20.0. The van der Waals surface area contributed by atoms with E-state index in [1.807, 2.05) is 13.8 Å². The van der Waals surface area contributed by atoms with Crippen LogP contribution >= 0.6 is 0 Å². The van der Waals surface area contributed by atoms with Crippen molar-refractivity contribution >= 4 is 11.6 Å². The highest BCUT2D eigenvalue weighted by Crippen LogP contribution is 2.41. The molecule has 0 spiro atoms. The molecule has 4 heterocycles. The number of alkyl halides is 3. The van der Waals surface area contributed by atoms with E-state index in [9.17, 15) is 18.0 Å². The van der Waals surface area contributed by atoms with Gasteiger partial charge in [-0.05, 0) is 38.7 Å². The van der Waals surface area contributed by atoms with Gasteiger partial charge in [0.25, 0.3) is 5.91 Å². The van der Waals surface area contributed by atoms with Gasteiger partial charge in [-0.15, -0.1) is 0 Å². The monoisotopic (exact) mass is 433 g/mol. The molecule has 164 valence electrons. The minimum Gasteiger partial charge on any atom is -0.361 e. The van der Waals surface area contributed by atoms with Crippen LogP contribution < -0.4 is 0 Å². The van der Waals surface area contributed by atoms with E-state index in [0.717, 1.165) is 53.3 Å².